The molecule has 3 rings (SSSR count). The lowest BCUT2D eigenvalue weighted by Gasteiger charge is -2.23. The van der Waals surface area contributed by atoms with Crippen molar-refractivity contribution in [2.45, 2.75) is 9.10 Å². The summed E-state index contributed by atoms with van der Waals surface area (Å²) in [6.07, 6.45) is 1.89. The third-order valence-corrected chi connectivity index (χ3v) is 7.77. The third kappa shape index (κ3) is 4.54. The molecule has 0 saturated heterocycles. The van der Waals surface area contributed by atoms with E-state index >= 15 is 0 Å². The van der Waals surface area contributed by atoms with Gasteiger partial charge in [0.15, 0.2) is 0 Å². The zero-order valence-corrected chi connectivity index (χ0v) is 17.3. The van der Waals surface area contributed by atoms with E-state index in [9.17, 15) is 17.6 Å². The van der Waals surface area contributed by atoms with Gasteiger partial charge in [0.25, 0.3) is 10.0 Å². The summed E-state index contributed by atoms with van der Waals surface area (Å²) in [6.45, 7) is -0.436. The van der Waals surface area contributed by atoms with Gasteiger partial charge in [-0.15, -0.1) is 23.1 Å². The molecule has 0 radical (unpaired) electrons. The van der Waals surface area contributed by atoms with E-state index < -0.39 is 28.3 Å². The molecule has 1 heterocycles. The summed E-state index contributed by atoms with van der Waals surface area (Å²) in [5.74, 6) is -0.985. The van der Waals surface area contributed by atoms with Gasteiger partial charge >= 0.3 is 0 Å². The molecule has 0 aliphatic rings. The molecule has 3 aromatic rings. The van der Waals surface area contributed by atoms with Gasteiger partial charge in [0, 0.05) is 4.90 Å². The van der Waals surface area contributed by atoms with Crippen molar-refractivity contribution in [3.63, 3.8) is 0 Å². The van der Waals surface area contributed by atoms with E-state index in [1.165, 1.54) is 30.0 Å². The van der Waals surface area contributed by atoms with Crippen molar-refractivity contribution < 1.29 is 17.6 Å². The number of rotatable bonds is 7. The summed E-state index contributed by atoms with van der Waals surface area (Å²) >= 11 is 2.53. The Morgan fingerprint density at radius 2 is 1.82 bits per heavy atom. The number of nitrogens with one attached hydrogen (secondary N) is 1. The lowest BCUT2D eigenvalue weighted by Crippen LogP contribution is -2.37. The molecule has 9 heteroatoms. The molecule has 0 bridgehead atoms. The van der Waals surface area contributed by atoms with Crippen molar-refractivity contribution in [3.05, 3.63) is 71.9 Å². The van der Waals surface area contributed by atoms with Crippen LogP contribution in [0.5, 0.6) is 0 Å². The predicted octanol–water partition coefficient (Wildman–Crippen LogP) is 4.44. The normalized spacial score (nSPS) is 11.2. The largest absolute Gasteiger partial charge is 0.323 e. The number of carbonyl (C=O) groups is 1. The van der Waals surface area contributed by atoms with Crippen LogP contribution < -0.4 is 9.62 Å². The molecule has 2 aromatic carbocycles. The summed E-state index contributed by atoms with van der Waals surface area (Å²) in [5, 5.41) is 4.40. The number of para-hydroxylation sites is 1. The summed E-state index contributed by atoms with van der Waals surface area (Å²) in [7, 11) is -3.96. The fourth-order valence-electron chi connectivity index (χ4n) is 2.51. The minimum absolute atomic E-state index is 0.106. The Hall–Kier alpha value is -2.36. The first-order valence-corrected chi connectivity index (χ1v) is 11.7. The van der Waals surface area contributed by atoms with Crippen LogP contribution in [0.25, 0.3) is 0 Å². The lowest BCUT2D eigenvalue weighted by atomic mass is 10.3. The van der Waals surface area contributed by atoms with E-state index in [0.29, 0.717) is 5.69 Å². The van der Waals surface area contributed by atoms with Gasteiger partial charge in [0.1, 0.15) is 16.6 Å². The van der Waals surface area contributed by atoms with Crippen molar-refractivity contribution in [1.29, 1.82) is 0 Å². The van der Waals surface area contributed by atoms with Crippen LogP contribution in [0.3, 0.4) is 0 Å². The number of anilines is 2. The minimum atomic E-state index is -3.96. The van der Waals surface area contributed by atoms with Crippen molar-refractivity contribution >= 4 is 50.4 Å². The first-order chi connectivity index (χ1) is 13.4. The minimum Gasteiger partial charge on any atom is -0.323 e. The van der Waals surface area contributed by atoms with Crippen LogP contribution in [0.1, 0.15) is 0 Å². The first-order valence-electron chi connectivity index (χ1n) is 8.16. The van der Waals surface area contributed by atoms with Crippen LogP contribution in [0.15, 0.2) is 75.1 Å². The summed E-state index contributed by atoms with van der Waals surface area (Å²) in [4.78, 5) is 13.5. The van der Waals surface area contributed by atoms with Crippen molar-refractivity contribution in [2.24, 2.45) is 0 Å². The fourth-order valence-corrected chi connectivity index (χ4v) is 5.59. The Labute approximate surface area is 171 Å². The molecule has 0 aliphatic heterocycles. The highest BCUT2D eigenvalue weighted by Crippen LogP contribution is 2.28. The maximum absolute atomic E-state index is 13.3. The van der Waals surface area contributed by atoms with E-state index in [4.69, 9.17) is 0 Å². The highest BCUT2D eigenvalue weighted by atomic mass is 32.2. The number of benzene rings is 2. The van der Waals surface area contributed by atoms with Crippen molar-refractivity contribution in [2.75, 3.05) is 22.4 Å². The van der Waals surface area contributed by atoms with Crippen LogP contribution >= 0.6 is 23.1 Å². The van der Waals surface area contributed by atoms with Gasteiger partial charge in [-0.25, -0.2) is 12.8 Å². The second-order valence-electron chi connectivity index (χ2n) is 5.67. The summed E-state index contributed by atoms with van der Waals surface area (Å²) in [5.41, 5.74) is 0.815. The zero-order chi connectivity index (χ0) is 20.1. The molecule has 0 saturated carbocycles. The molecule has 0 atom stereocenters. The van der Waals surface area contributed by atoms with Crippen molar-refractivity contribution in [3.8, 4) is 0 Å². The number of amides is 1. The van der Waals surface area contributed by atoms with Crippen LogP contribution in [0, 0.1) is 5.82 Å². The van der Waals surface area contributed by atoms with Crippen LogP contribution in [-0.2, 0) is 14.8 Å². The Bertz CT molecular complexity index is 1050. The maximum atomic E-state index is 13.3. The van der Waals surface area contributed by atoms with Crippen LogP contribution in [0.2, 0.25) is 0 Å². The molecule has 146 valence electrons. The van der Waals surface area contributed by atoms with Gasteiger partial charge < -0.3 is 5.32 Å². The monoisotopic (exact) mass is 436 g/mol. The van der Waals surface area contributed by atoms with E-state index in [-0.39, 0.29) is 9.90 Å². The molecule has 0 fully saturated rings. The molecule has 0 unspecified atom stereocenters. The standard InChI is InChI=1S/C19H17FN2O3S3/c1-26-17-6-3-2-5-16(17)21-18(23)13-22(15-10-8-14(20)9-11-15)28(24,25)19-7-4-12-27-19/h2-12H,13H2,1H3,(H,21,23). The quantitative estimate of drug-likeness (QED) is 0.556. The number of hydrogen-bond acceptors (Lipinski definition) is 5. The van der Waals surface area contributed by atoms with Gasteiger partial charge in [-0.3, -0.25) is 9.10 Å². The van der Waals surface area contributed by atoms with Gasteiger partial charge in [-0.2, -0.15) is 0 Å². The van der Waals surface area contributed by atoms with Crippen LogP contribution in [0.4, 0.5) is 15.8 Å². The molecular formula is C19H17FN2O3S3. The fraction of sp³-hybridized carbons (Fsp3) is 0.105. The highest BCUT2D eigenvalue weighted by Gasteiger charge is 2.28. The molecule has 0 spiro atoms. The Morgan fingerprint density at radius 1 is 1.11 bits per heavy atom. The Balaban J connectivity index is 1.91. The number of hydrogen-bond donors (Lipinski definition) is 1. The Morgan fingerprint density at radius 3 is 2.46 bits per heavy atom. The molecule has 1 amide bonds. The number of thiophene rings is 1. The molecule has 28 heavy (non-hydrogen) atoms. The first kappa shape index (κ1) is 20.4. The number of halogens is 1. The van der Waals surface area contributed by atoms with E-state index in [1.807, 2.05) is 18.4 Å². The summed E-state index contributed by atoms with van der Waals surface area (Å²) < 4.78 is 40.5. The molecule has 1 N–H and O–H groups in total. The number of nitrogens with zero attached hydrogens (tertiary/aromatic N) is 1. The van der Waals surface area contributed by atoms with E-state index in [0.717, 1.165) is 32.7 Å². The second-order valence-corrected chi connectivity index (χ2v) is 9.55. The zero-order valence-electron chi connectivity index (χ0n) is 14.8. The molecule has 5 nitrogen and oxygen atoms in total. The van der Waals surface area contributed by atoms with Gasteiger partial charge in [0.2, 0.25) is 5.91 Å². The molecule has 0 aliphatic carbocycles. The molecular weight excluding hydrogens is 419 g/mol. The average Bonchev–Trinajstić information content (AvgIpc) is 3.23. The number of carbonyl (C=O) groups excluding carboxylic acids is 1. The topological polar surface area (TPSA) is 66.5 Å². The second kappa shape index (κ2) is 8.76. The molecule has 1 aromatic heterocycles. The van der Waals surface area contributed by atoms with E-state index in [1.54, 1.807) is 23.6 Å². The van der Waals surface area contributed by atoms with E-state index in [2.05, 4.69) is 5.32 Å². The SMILES string of the molecule is CSc1ccccc1NC(=O)CN(c1ccc(F)cc1)S(=O)(=O)c1cccs1. The highest BCUT2D eigenvalue weighted by molar-refractivity contribution is 7.98. The van der Waals surface area contributed by atoms with Crippen molar-refractivity contribution in [1.82, 2.24) is 0 Å². The number of thioether (sulfide) groups is 1. The lowest BCUT2D eigenvalue weighted by molar-refractivity contribution is -0.114. The van der Waals surface area contributed by atoms with Crippen LogP contribution in [-0.4, -0.2) is 27.1 Å². The average molecular weight is 437 g/mol. The Kier molecular flexibility index (Phi) is 6.38. The smallest absolute Gasteiger partial charge is 0.274 e. The van der Waals surface area contributed by atoms with Gasteiger partial charge in [-0.05, 0) is 54.1 Å². The third-order valence-electron chi connectivity index (χ3n) is 3.82. The van der Waals surface area contributed by atoms with Gasteiger partial charge in [-0.1, -0.05) is 18.2 Å². The maximum Gasteiger partial charge on any atom is 0.274 e. The summed E-state index contributed by atoms with van der Waals surface area (Å²) in [6, 6.07) is 15.3. The predicted molar refractivity (Wildman–Crippen MR) is 112 cm³/mol. The number of sulfonamides is 1. The van der Waals surface area contributed by atoms with Gasteiger partial charge in [0.05, 0.1) is 11.4 Å².